The second kappa shape index (κ2) is 6.53. The summed E-state index contributed by atoms with van der Waals surface area (Å²) in [5.74, 6) is 0. The summed E-state index contributed by atoms with van der Waals surface area (Å²) < 4.78 is 6.99. The van der Waals surface area contributed by atoms with Gasteiger partial charge in [-0.15, -0.1) is 0 Å². The maximum absolute atomic E-state index is 10.7. The van der Waals surface area contributed by atoms with Gasteiger partial charge in [-0.3, -0.25) is 0 Å². The lowest BCUT2D eigenvalue weighted by atomic mass is 10.4. The fourth-order valence-electron chi connectivity index (χ4n) is 0.399. The van der Waals surface area contributed by atoms with Gasteiger partial charge in [-0.05, 0) is 0 Å². The van der Waals surface area contributed by atoms with Crippen molar-refractivity contribution in [2.75, 3.05) is 19.8 Å². The van der Waals surface area contributed by atoms with Gasteiger partial charge < -0.3 is 19.7 Å². The Hall–Kier alpha value is 0.0600. The Morgan fingerprint density at radius 2 is 1.93 bits per heavy atom. The first-order valence-corrected chi connectivity index (χ1v) is 4.64. The molecule has 0 saturated heterocycles. The van der Waals surface area contributed by atoms with Crippen molar-refractivity contribution >= 4 is 41.0 Å². The number of carbonyl (C=O) groups excluding carboxylic acids is 1. The largest absolute Gasteiger partial charge is 0.508 e. The van der Waals surface area contributed by atoms with E-state index >= 15 is 0 Å². The van der Waals surface area contributed by atoms with E-state index in [2.05, 4.69) is 9.47 Å². The lowest BCUT2D eigenvalue weighted by Crippen LogP contribution is -2.24. The SMILES string of the molecule is O=C(OCC(O)CO)OCC(Cl)(Cl)Cl. The molecule has 8 heteroatoms. The maximum atomic E-state index is 10.7. The summed E-state index contributed by atoms with van der Waals surface area (Å²) in [6.07, 6.45) is -2.22. The number of hydrogen-bond acceptors (Lipinski definition) is 5. The van der Waals surface area contributed by atoms with Crippen molar-refractivity contribution in [2.24, 2.45) is 0 Å². The van der Waals surface area contributed by atoms with Crippen LogP contribution in [0.2, 0.25) is 0 Å². The summed E-state index contributed by atoms with van der Waals surface area (Å²) in [5.41, 5.74) is 0. The number of carbonyl (C=O) groups is 1. The minimum absolute atomic E-state index is 0.380. The van der Waals surface area contributed by atoms with E-state index in [0.717, 1.165) is 0 Å². The molecule has 0 spiro atoms. The van der Waals surface area contributed by atoms with Crippen molar-refractivity contribution in [1.29, 1.82) is 0 Å². The van der Waals surface area contributed by atoms with Crippen LogP contribution in [0.3, 0.4) is 0 Å². The van der Waals surface area contributed by atoms with E-state index in [4.69, 9.17) is 45.0 Å². The summed E-state index contributed by atoms with van der Waals surface area (Å²) in [4.78, 5) is 10.7. The highest BCUT2D eigenvalue weighted by atomic mass is 35.6. The quantitative estimate of drug-likeness (QED) is 0.584. The molecule has 0 rings (SSSR count). The van der Waals surface area contributed by atoms with Gasteiger partial charge in [-0.25, -0.2) is 4.79 Å². The van der Waals surface area contributed by atoms with E-state index in [9.17, 15) is 4.79 Å². The molecule has 2 N–H and O–H groups in total. The van der Waals surface area contributed by atoms with Gasteiger partial charge >= 0.3 is 6.16 Å². The van der Waals surface area contributed by atoms with Crippen LogP contribution in [0, 0.1) is 0 Å². The summed E-state index contributed by atoms with van der Waals surface area (Å²) in [6.45, 7) is -1.35. The first-order valence-electron chi connectivity index (χ1n) is 3.50. The van der Waals surface area contributed by atoms with Gasteiger partial charge in [-0.2, -0.15) is 0 Å². The Labute approximate surface area is 95.5 Å². The van der Waals surface area contributed by atoms with Crippen molar-refractivity contribution in [3.63, 3.8) is 0 Å². The normalized spacial score (nSPS) is 13.5. The fourth-order valence-corrected chi connectivity index (χ4v) is 0.563. The van der Waals surface area contributed by atoms with Crippen LogP contribution in [-0.2, 0) is 9.47 Å². The Kier molecular flexibility index (Phi) is 6.55. The van der Waals surface area contributed by atoms with Gasteiger partial charge in [0.25, 0.3) is 0 Å². The molecule has 0 radical (unpaired) electrons. The van der Waals surface area contributed by atoms with E-state index in [-0.39, 0.29) is 6.61 Å². The molecule has 84 valence electrons. The van der Waals surface area contributed by atoms with Crippen LogP contribution in [0.1, 0.15) is 0 Å². The van der Waals surface area contributed by atoms with Crippen molar-refractivity contribution in [1.82, 2.24) is 0 Å². The number of aliphatic hydroxyl groups excluding tert-OH is 2. The molecular weight excluding hydrogens is 258 g/mol. The van der Waals surface area contributed by atoms with Gasteiger partial charge in [0, 0.05) is 0 Å². The number of ether oxygens (including phenoxy) is 2. The minimum atomic E-state index is -1.70. The highest BCUT2D eigenvalue weighted by Crippen LogP contribution is 2.25. The number of halogens is 3. The van der Waals surface area contributed by atoms with E-state index in [1.807, 2.05) is 0 Å². The highest BCUT2D eigenvalue weighted by molar-refractivity contribution is 6.67. The zero-order valence-electron chi connectivity index (χ0n) is 6.95. The van der Waals surface area contributed by atoms with Gasteiger partial charge in [0.15, 0.2) is 0 Å². The second-order valence-electron chi connectivity index (χ2n) is 2.30. The molecule has 1 atom stereocenters. The Bertz CT molecular complexity index is 181. The van der Waals surface area contributed by atoms with E-state index in [1.165, 1.54) is 0 Å². The summed E-state index contributed by atoms with van der Waals surface area (Å²) in [7, 11) is 0. The zero-order valence-corrected chi connectivity index (χ0v) is 9.22. The van der Waals surface area contributed by atoms with Crippen LogP contribution in [0.4, 0.5) is 4.79 Å². The third-order valence-corrected chi connectivity index (χ3v) is 1.29. The molecule has 0 aromatic heterocycles. The number of rotatable bonds is 4. The number of hydrogen-bond donors (Lipinski definition) is 2. The maximum Gasteiger partial charge on any atom is 0.508 e. The molecule has 0 aliphatic heterocycles. The molecule has 0 aliphatic carbocycles. The molecule has 0 bridgehead atoms. The van der Waals surface area contributed by atoms with E-state index in [0.29, 0.717) is 0 Å². The molecule has 0 heterocycles. The van der Waals surface area contributed by atoms with Crippen molar-refractivity contribution < 1.29 is 24.5 Å². The van der Waals surface area contributed by atoms with Crippen LogP contribution in [0.15, 0.2) is 0 Å². The van der Waals surface area contributed by atoms with Crippen LogP contribution in [0.25, 0.3) is 0 Å². The molecule has 0 saturated carbocycles. The number of aliphatic hydroxyl groups is 2. The Morgan fingerprint density at radius 1 is 1.36 bits per heavy atom. The number of alkyl halides is 3. The van der Waals surface area contributed by atoms with Crippen LogP contribution in [0.5, 0.6) is 0 Å². The predicted molar refractivity (Wildman–Crippen MR) is 50.7 cm³/mol. The van der Waals surface area contributed by atoms with Gasteiger partial charge in [0.05, 0.1) is 6.61 Å². The molecule has 0 aromatic rings. The standard InChI is InChI=1S/C6H9Cl3O5/c7-6(8,9)3-14-5(12)13-2-4(11)1-10/h4,10-11H,1-3H2. The lowest BCUT2D eigenvalue weighted by molar-refractivity contribution is 0.00135. The van der Waals surface area contributed by atoms with Crippen LogP contribution in [-0.4, -0.2) is 46.1 Å². The summed E-state index contributed by atoms with van der Waals surface area (Å²) >= 11 is 15.8. The summed E-state index contributed by atoms with van der Waals surface area (Å²) in [5, 5.41) is 17.1. The third-order valence-electron chi connectivity index (χ3n) is 0.958. The molecule has 0 aliphatic rings. The predicted octanol–water partition coefficient (Wildman–Crippen LogP) is 0.863. The van der Waals surface area contributed by atoms with Gasteiger partial charge in [0.1, 0.15) is 19.3 Å². The second-order valence-corrected chi connectivity index (χ2v) is 4.82. The van der Waals surface area contributed by atoms with Crippen molar-refractivity contribution in [2.45, 2.75) is 9.90 Å². The lowest BCUT2D eigenvalue weighted by Gasteiger charge is -2.12. The van der Waals surface area contributed by atoms with Crippen LogP contribution < -0.4 is 0 Å². The molecule has 0 fully saturated rings. The Balaban J connectivity index is 3.57. The fraction of sp³-hybridized carbons (Fsp3) is 0.833. The van der Waals surface area contributed by atoms with Crippen molar-refractivity contribution in [3.05, 3.63) is 0 Å². The van der Waals surface area contributed by atoms with E-state index in [1.54, 1.807) is 0 Å². The Morgan fingerprint density at radius 3 is 2.36 bits per heavy atom. The molecule has 1 unspecified atom stereocenters. The molecule has 14 heavy (non-hydrogen) atoms. The smallest absolute Gasteiger partial charge is 0.431 e. The van der Waals surface area contributed by atoms with Crippen molar-refractivity contribution in [3.8, 4) is 0 Å². The topological polar surface area (TPSA) is 76.0 Å². The average Bonchev–Trinajstić information content (AvgIpc) is 2.09. The summed E-state index contributed by atoms with van der Waals surface area (Å²) in [6, 6.07) is 0. The minimum Gasteiger partial charge on any atom is -0.431 e. The first-order chi connectivity index (χ1) is 6.35. The molecule has 0 amide bonds. The molecule has 5 nitrogen and oxygen atoms in total. The van der Waals surface area contributed by atoms with Gasteiger partial charge in [-0.1, -0.05) is 34.8 Å². The highest BCUT2D eigenvalue weighted by Gasteiger charge is 2.22. The average molecular weight is 267 g/mol. The molecule has 0 aromatic carbocycles. The van der Waals surface area contributed by atoms with Gasteiger partial charge in [0.2, 0.25) is 3.79 Å². The first kappa shape index (κ1) is 14.1. The third kappa shape index (κ3) is 8.65. The monoisotopic (exact) mass is 266 g/mol. The zero-order chi connectivity index (χ0) is 11.2. The van der Waals surface area contributed by atoms with E-state index < -0.39 is 29.3 Å². The molecular formula is C6H9Cl3O5. The van der Waals surface area contributed by atoms with Crippen LogP contribution >= 0.6 is 34.8 Å².